The van der Waals surface area contributed by atoms with E-state index in [0.29, 0.717) is 0 Å². The summed E-state index contributed by atoms with van der Waals surface area (Å²) >= 11 is 0. The zero-order valence-corrected chi connectivity index (χ0v) is 9.02. The Balaban J connectivity index is 2.16. The van der Waals surface area contributed by atoms with Gasteiger partial charge in [-0.25, -0.2) is 0 Å². The summed E-state index contributed by atoms with van der Waals surface area (Å²) in [7, 11) is 0. The Labute approximate surface area is 90.1 Å². The fourth-order valence-electron chi connectivity index (χ4n) is 2.05. The minimum atomic E-state index is 0.0249. The van der Waals surface area contributed by atoms with Crippen molar-refractivity contribution in [2.75, 3.05) is 13.2 Å². The summed E-state index contributed by atoms with van der Waals surface area (Å²) in [5.74, 6) is 0.225. The van der Waals surface area contributed by atoms with E-state index in [1.165, 1.54) is 0 Å². The SMILES string of the molecule is Cc1ccc(C2OCCCC2CO)cn1. The molecule has 0 saturated carbocycles. The van der Waals surface area contributed by atoms with Gasteiger partial charge in [0.15, 0.2) is 0 Å². The monoisotopic (exact) mass is 207 g/mol. The molecule has 0 radical (unpaired) electrons. The van der Waals surface area contributed by atoms with E-state index in [4.69, 9.17) is 4.74 Å². The van der Waals surface area contributed by atoms with Crippen LogP contribution in [0.2, 0.25) is 0 Å². The highest BCUT2D eigenvalue weighted by Crippen LogP contribution is 2.32. The van der Waals surface area contributed by atoms with Gasteiger partial charge in [-0.1, -0.05) is 6.07 Å². The maximum Gasteiger partial charge on any atom is 0.0889 e. The molecule has 15 heavy (non-hydrogen) atoms. The summed E-state index contributed by atoms with van der Waals surface area (Å²) in [6.45, 7) is 2.95. The number of aliphatic hydroxyl groups excluding tert-OH is 1. The van der Waals surface area contributed by atoms with Gasteiger partial charge in [0.2, 0.25) is 0 Å². The van der Waals surface area contributed by atoms with Crippen LogP contribution in [0.3, 0.4) is 0 Å². The van der Waals surface area contributed by atoms with Gasteiger partial charge in [0.05, 0.1) is 6.10 Å². The largest absolute Gasteiger partial charge is 0.396 e. The van der Waals surface area contributed by atoms with E-state index in [2.05, 4.69) is 4.98 Å². The molecular formula is C12H17NO2. The maximum absolute atomic E-state index is 9.28. The number of nitrogens with zero attached hydrogens (tertiary/aromatic N) is 1. The number of pyridine rings is 1. The second-order valence-electron chi connectivity index (χ2n) is 4.11. The van der Waals surface area contributed by atoms with Crippen molar-refractivity contribution in [1.29, 1.82) is 0 Å². The molecule has 0 aromatic carbocycles. The van der Waals surface area contributed by atoms with Gasteiger partial charge in [-0.3, -0.25) is 4.98 Å². The van der Waals surface area contributed by atoms with E-state index >= 15 is 0 Å². The van der Waals surface area contributed by atoms with Crippen molar-refractivity contribution in [1.82, 2.24) is 4.98 Å². The Kier molecular flexibility index (Phi) is 3.34. The quantitative estimate of drug-likeness (QED) is 0.804. The summed E-state index contributed by atoms with van der Waals surface area (Å²) in [4.78, 5) is 4.26. The van der Waals surface area contributed by atoms with Crippen molar-refractivity contribution in [2.45, 2.75) is 25.9 Å². The number of aromatic nitrogens is 1. The van der Waals surface area contributed by atoms with Crippen LogP contribution in [-0.2, 0) is 4.74 Å². The Morgan fingerprint density at radius 1 is 1.53 bits per heavy atom. The Morgan fingerprint density at radius 3 is 3.07 bits per heavy atom. The predicted molar refractivity (Wildman–Crippen MR) is 57.5 cm³/mol. The lowest BCUT2D eigenvalue weighted by Gasteiger charge is -2.30. The first-order valence-corrected chi connectivity index (χ1v) is 5.46. The van der Waals surface area contributed by atoms with Crippen molar-refractivity contribution in [2.24, 2.45) is 5.92 Å². The molecule has 3 nitrogen and oxygen atoms in total. The summed E-state index contributed by atoms with van der Waals surface area (Å²) in [5, 5.41) is 9.28. The average Bonchev–Trinajstić information content (AvgIpc) is 2.30. The Bertz CT molecular complexity index is 310. The number of aliphatic hydroxyl groups is 1. The zero-order valence-electron chi connectivity index (χ0n) is 9.02. The second kappa shape index (κ2) is 4.73. The molecule has 1 aromatic rings. The molecule has 2 heterocycles. The first-order chi connectivity index (χ1) is 7.31. The molecule has 0 bridgehead atoms. The van der Waals surface area contributed by atoms with E-state index in [9.17, 15) is 5.11 Å². The maximum atomic E-state index is 9.28. The third-order valence-electron chi connectivity index (χ3n) is 2.94. The molecule has 1 N–H and O–H groups in total. The van der Waals surface area contributed by atoms with Crippen molar-refractivity contribution in [3.63, 3.8) is 0 Å². The fraction of sp³-hybridized carbons (Fsp3) is 0.583. The van der Waals surface area contributed by atoms with Gasteiger partial charge in [0.25, 0.3) is 0 Å². The minimum absolute atomic E-state index is 0.0249. The highest BCUT2D eigenvalue weighted by Gasteiger charge is 2.26. The average molecular weight is 207 g/mol. The molecule has 0 spiro atoms. The van der Waals surface area contributed by atoms with Gasteiger partial charge in [-0.05, 0) is 31.4 Å². The van der Waals surface area contributed by atoms with Crippen LogP contribution in [0.15, 0.2) is 18.3 Å². The number of hydrogen-bond acceptors (Lipinski definition) is 3. The van der Waals surface area contributed by atoms with E-state index in [-0.39, 0.29) is 18.6 Å². The minimum Gasteiger partial charge on any atom is -0.396 e. The standard InChI is InChI=1S/C12H17NO2/c1-9-4-5-10(7-13-9)12-11(8-14)3-2-6-15-12/h4-5,7,11-12,14H,2-3,6,8H2,1H3. The third kappa shape index (κ3) is 2.36. The van der Waals surface area contributed by atoms with Crippen LogP contribution < -0.4 is 0 Å². The molecule has 1 fully saturated rings. The normalized spacial score (nSPS) is 26.5. The molecule has 0 aliphatic carbocycles. The molecule has 1 aliphatic rings. The number of hydrogen-bond donors (Lipinski definition) is 1. The van der Waals surface area contributed by atoms with Crippen molar-refractivity contribution >= 4 is 0 Å². The summed E-state index contributed by atoms with van der Waals surface area (Å²) in [5.41, 5.74) is 2.09. The number of rotatable bonds is 2. The molecule has 1 saturated heterocycles. The first-order valence-electron chi connectivity index (χ1n) is 5.46. The highest BCUT2D eigenvalue weighted by atomic mass is 16.5. The topological polar surface area (TPSA) is 42.4 Å². The van der Waals surface area contributed by atoms with Gasteiger partial charge in [0, 0.05) is 31.0 Å². The lowest BCUT2D eigenvalue weighted by atomic mass is 9.91. The van der Waals surface area contributed by atoms with Crippen LogP contribution in [0.4, 0.5) is 0 Å². The van der Waals surface area contributed by atoms with E-state index in [1.54, 1.807) is 0 Å². The van der Waals surface area contributed by atoms with Crippen LogP contribution in [0.5, 0.6) is 0 Å². The van der Waals surface area contributed by atoms with Crippen LogP contribution in [0, 0.1) is 12.8 Å². The van der Waals surface area contributed by atoms with Crippen molar-refractivity contribution < 1.29 is 9.84 Å². The molecular weight excluding hydrogens is 190 g/mol. The zero-order chi connectivity index (χ0) is 10.7. The molecule has 82 valence electrons. The molecule has 1 aromatic heterocycles. The third-order valence-corrected chi connectivity index (χ3v) is 2.94. The molecule has 2 rings (SSSR count). The molecule has 0 amide bonds. The molecule has 1 aliphatic heterocycles. The van der Waals surface area contributed by atoms with E-state index in [1.807, 2.05) is 25.3 Å². The van der Waals surface area contributed by atoms with Crippen LogP contribution in [-0.4, -0.2) is 23.3 Å². The van der Waals surface area contributed by atoms with Crippen LogP contribution in [0.25, 0.3) is 0 Å². The lowest BCUT2D eigenvalue weighted by Crippen LogP contribution is -2.25. The Hall–Kier alpha value is -0.930. The van der Waals surface area contributed by atoms with Crippen LogP contribution in [0.1, 0.15) is 30.2 Å². The van der Waals surface area contributed by atoms with Crippen molar-refractivity contribution in [3.8, 4) is 0 Å². The second-order valence-corrected chi connectivity index (χ2v) is 4.11. The summed E-state index contributed by atoms with van der Waals surface area (Å²) < 4.78 is 5.71. The predicted octanol–water partition coefficient (Wildman–Crippen LogP) is 1.85. The Morgan fingerprint density at radius 2 is 2.40 bits per heavy atom. The van der Waals surface area contributed by atoms with Gasteiger partial charge >= 0.3 is 0 Å². The number of ether oxygens (including phenoxy) is 1. The van der Waals surface area contributed by atoms with E-state index in [0.717, 1.165) is 30.7 Å². The number of aryl methyl sites for hydroxylation is 1. The summed E-state index contributed by atoms with van der Waals surface area (Å²) in [6, 6.07) is 4.03. The summed E-state index contributed by atoms with van der Waals surface area (Å²) in [6.07, 6.45) is 3.96. The highest BCUT2D eigenvalue weighted by molar-refractivity contribution is 5.17. The molecule has 3 heteroatoms. The fourth-order valence-corrected chi connectivity index (χ4v) is 2.05. The molecule has 2 atom stereocenters. The lowest BCUT2D eigenvalue weighted by molar-refractivity contribution is -0.0458. The van der Waals surface area contributed by atoms with Gasteiger partial charge in [-0.15, -0.1) is 0 Å². The van der Waals surface area contributed by atoms with E-state index < -0.39 is 0 Å². The smallest absolute Gasteiger partial charge is 0.0889 e. The molecule has 2 unspecified atom stereocenters. The van der Waals surface area contributed by atoms with Crippen molar-refractivity contribution in [3.05, 3.63) is 29.6 Å². The van der Waals surface area contributed by atoms with Gasteiger partial charge in [0.1, 0.15) is 0 Å². The van der Waals surface area contributed by atoms with Gasteiger partial charge in [-0.2, -0.15) is 0 Å². The van der Waals surface area contributed by atoms with Gasteiger partial charge < -0.3 is 9.84 Å². The van der Waals surface area contributed by atoms with Crippen LogP contribution >= 0.6 is 0 Å². The first kappa shape index (κ1) is 10.6.